The number of urea groups is 1. The fraction of sp³-hybridized carbons (Fsp3) is 0.304. The maximum Gasteiger partial charge on any atom is 0.333 e. The number of hydrogen-bond acceptors (Lipinski definition) is 7. The van der Waals surface area contributed by atoms with Crippen LogP contribution >= 0.6 is 23.5 Å². The number of thioether (sulfide) groups is 2. The summed E-state index contributed by atoms with van der Waals surface area (Å²) in [6, 6.07) is 13.6. The van der Waals surface area contributed by atoms with Gasteiger partial charge in [-0.05, 0) is 36.9 Å². The third-order valence-electron chi connectivity index (χ3n) is 5.18. The lowest BCUT2D eigenvalue weighted by molar-refractivity contribution is -0.122. The van der Waals surface area contributed by atoms with Crippen LogP contribution in [0, 0.1) is 6.92 Å². The van der Waals surface area contributed by atoms with Crippen molar-refractivity contribution in [1.29, 1.82) is 0 Å². The van der Waals surface area contributed by atoms with Crippen LogP contribution in [-0.2, 0) is 9.59 Å². The van der Waals surface area contributed by atoms with Crippen molar-refractivity contribution in [2.75, 3.05) is 29.6 Å². The van der Waals surface area contributed by atoms with E-state index in [1.165, 1.54) is 28.4 Å². The number of anilines is 2. The summed E-state index contributed by atoms with van der Waals surface area (Å²) in [6.07, 6.45) is -0.721. The van der Waals surface area contributed by atoms with Gasteiger partial charge in [-0.1, -0.05) is 42.4 Å². The average molecular weight is 485 g/mol. The molecule has 4 amide bonds. The highest BCUT2D eigenvalue weighted by molar-refractivity contribution is 8.39. The van der Waals surface area contributed by atoms with Crippen molar-refractivity contribution < 1.29 is 19.1 Å². The molecule has 4 rings (SSSR count). The number of carbonyl (C=O) groups excluding carboxylic acids is 3. The summed E-state index contributed by atoms with van der Waals surface area (Å²) in [5.41, 5.74) is 2.05. The Kier molecular flexibility index (Phi) is 6.94. The Morgan fingerprint density at radius 2 is 1.97 bits per heavy atom. The van der Waals surface area contributed by atoms with E-state index in [0.29, 0.717) is 17.1 Å². The lowest BCUT2D eigenvalue weighted by atomic mass is 10.1. The number of imide groups is 1. The third kappa shape index (κ3) is 4.86. The Bertz CT molecular complexity index is 1110. The van der Waals surface area contributed by atoms with Crippen LogP contribution in [-0.4, -0.2) is 57.9 Å². The van der Waals surface area contributed by atoms with Crippen molar-refractivity contribution >= 4 is 57.1 Å². The van der Waals surface area contributed by atoms with Crippen LogP contribution < -0.4 is 15.0 Å². The number of carbonyl (C=O) groups is 3. The predicted octanol–water partition coefficient (Wildman–Crippen LogP) is 3.96. The number of amides is 4. The van der Waals surface area contributed by atoms with E-state index in [1.54, 1.807) is 43.5 Å². The molecular weight excluding hydrogens is 460 g/mol. The molecule has 0 saturated carbocycles. The van der Waals surface area contributed by atoms with Crippen LogP contribution in [0.2, 0.25) is 0 Å². The zero-order valence-electron chi connectivity index (χ0n) is 18.5. The second kappa shape index (κ2) is 9.88. The molecule has 2 aromatic carbocycles. The monoisotopic (exact) mass is 484 g/mol. The number of nitrogens with one attached hydrogen (secondary N) is 1. The number of fused-ring (bicyclic) bond motifs is 1. The zero-order valence-corrected chi connectivity index (χ0v) is 20.1. The first-order chi connectivity index (χ1) is 15.9. The van der Waals surface area contributed by atoms with Gasteiger partial charge in [0, 0.05) is 11.8 Å². The van der Waals surface area contributed by atoms with E-state index < -0.39 is 17.4 Å². The Morgan fingerprint density at radius 1 is 1.21 bits per heavy atom. The molecule has 1 N–H and O–H groups in total. The largest absolute Gasteiger partial charge is 0.497 e. The van der Waals surface area contributed by atoms with Gasteiger partial charge in [0.1, 0.15) is 28.1 Å². The summed E-state index contributed by atoms with van der Waals surface area (Å²) < 4.78 is 5.94. The molecule has 2 atom stereocenters. The quantitative estimate of drug-likeness (QED) is 0.667. The fourth-order valence-corrected chi connectivity index (χ4v) is 5.88. The fourth-order valence-electron chi connectivity index (χ4n) is 3.59. The van der Waals surface area contributed by atoms with Gasteiger partial charge in [-0.2, -0.15) is 0 Å². The van der Waals surface area contributed by atoms with E-state index in [1.807, 2.05) is 26.0 Å². The lowest BCUT2D eigenvalue weighted by Gasteiger charge is -2.39. The van der Waals surface area contributed by atoms with Gasteiger partial charge in [-0.25, -0.2) is 14.7 Å². The van der Waals surface area contributed by atoms with Crippen LogP contribution in [0.5, 0.6) is 5.75 Å². The van der Waals surface area contributed by atoms with E-state index in [9.17, 15) is 14.4 Å². The van der Waals surface area contributed by atoms with Gasteiger partial charge in [-0.3, -0.25) is 14.5 Å². The Labute approximate surface area is 200 Å². The first kappa shape index (κ1) is 23.2. The van der Waals surface area contributed by atoms with Gasteiger partial charge in [0.15, 0.2) is 0 Å². The molecule has 2 aliphatic heterocycles. The first-order valence-electron chi connectivity index (χ1n) is 10.4. The number of aryl methyl sites for hydroxylation is 1. The minimum Gasteiger partial charge on any atom is -0.497 e. The molecule has 0 bridgehead atoms. The summed E-state index contributed by atoms with van der Waals surface area (Å²) >= 11 is 2.87. The number of rotatable bonds is 6. The highest BCUT2D eigenvalue weighted by atomic mass is 32.2. The predicted molar refractivity (Wildman–Crippen MR) is 133 cm³/mol. The molecule has 33 heavy (non-hydrogen) atoms. The number of hydrogen-bond donors (Lipinski definition) is 1. The van der Waals surface area contributed by atoms with Crippen molar-refractivity contribution in [1.82, 2.24) is 4.90 Å². The first-order valence-corrected chi connectivity index (χ1v) is 12.3. The molecule has 2 heterocycles. The summed E-state index contributed by atoms with van der Waals surface area (Å²) in [5, 5.41) is 2.20. The highest BCUT2D eigenvalue weighted by Crippen LogP contribution is 2.39. The minimum atomic E-state index is -0.721. The molecule has 0 aliphatic carbocycles. The van der Waals surface area contributed by atoms with Crippen LogP contribution in [0.1, 0.15) is 12.5 Å². The molecule has 1 saturated heterocycles. The Hall–Kier alpha value is -2.98. The summed E-state index contributed by atoms with van der Waals surface area (Å²) in [7, 11) is 1.55. The maximum absolute atomic E-state index is 13.5. The molecule has 10 heteroatoms. The summed E-state index contributed by atoms with van der Waals surface area (Å²) in [5.74, 6) is 0.700. The van der Waals surface area contributed by atoms with Gasteiger partial charge >= 0.3 is 6.03 Å². The van der Waals surface area contributed by atoms with E-state index in [0.717, 1.165) is 20.6 Å². The van der Waals surface area contributed by atoms with Gasteiger partial charge in [-0.15, -0.1) is 11.8 Å². The van der Waals surface area contributed by atoms with E-state index in [4.69, 9.17) is 4.74 Å². The molecule has 1 fully saturated rings. The normalized spacial score (nSPS) is 19.9. The molecule has 0 spiro atoms. The lowest BCUT2D eigenvalue weighted by Crippen LogP contribution is -2.63. The Morgan fingerprint density at radius 3 is 2.67 bits per heavy atom. The van der Waals surface area contributed by atoms with Gasteiger partial charge < -0.3 is 10.1 Å². The van der Waals surface area contributed by atoms with Crippen molar-refractivity contribution in [3.05, 3.63) is 54.1 Å². The molecule has 0 aromatic heterocycles. The Balaban J connectivity index is 1.61. The van der Waals surface area contributed by atoms with E-state index in [-0.39, 0.29) is 18.4 Å². The number of benzene rings is 2. The molecule has 0 radical (unpaired) electrons. The summed E-state index contributed by atoms with van der Waals surface area (Å²) in [4.78, 5) is 46.8. The second-order valence-corrected chi connectivity index (χ2v) is 10.1. The van der Waals surface area contributed by atoms with Crippen molar-refractivity contribution in [2.24, 2.45) is 4.99 Å². The second-order valence-electron chi connectivity index (χ2n) is 7.48. The maximum atomic E-state index is 13.5. The minimum absolute atomic E-state index is 0.235. The van der Waals surface area contributed by atoms with Crippen molar-refractivity contribution in [3.8, 4) is 5.75 Å². The van der Waals surface area contributed by atoms with E-state index in [2.05, 4.69) is 10.3 Å². The van der Waals surface area contributed by atoms with Gasteiger partial charge in [0.25, 0.3) is 5.91 Å². The van der Waals surface area contributed by atoms with Crippen LogP contribution in [0.15, 0.2) is 53.5 Å². The SMILES string of the molecule is CCSC1=NC2C(S1)C(=O)N(c1ccc(C)cc1)C(=O)N2CC(=O)Nc1cccc(OC)c1. The molecule has 172 valence electrons. The van der Waals surface area contributed by atoms with Crippen molar-refractivity contribution in [2.45, 2.75) is 25.3 Å². The molecule has 2 aromatic rings. The number of nitrogens with zero attached hydrogens (tertiary/aromatic N) is 3. The molecule has 8 nitrogen and oxygen atoms in total. The highest BCUT2D eigenvalue weighted by Gasteiger charge is 2.51. The van der Waals surface area contributed by atoms with Gasteiger partial charge in [0.05, 0.1) is 12.8 Å². The standard InChI is InChI=1S/C23H24N4O4S2/c1-4-32-22-25-20-19(33-22)21(29)27(16-10-8-14(2)9-11-16)23(30)26(20)13-18(28)24-15-6-5-7-17(12-15)31-3/h5-12,19-20H,4,13H2,1-3H3,(H,24,28). The number of methoxy groups -OCH3 is 1. The summed E-state index contributed by atoms with van der Waals surface area (Å²) in [6.45, 7) is 3.70. The van der Waals surface area contributed by atoms with Crippen LogP contribution in [0.4, 0.5) is 16.2 Å². The van der Waals surface area contributed by atoms with Gasteiger partial charge in [0.2, 0.25) is 5.91 Å². The van der Waals surface area contributed by atoms with Crippen LogP contribution in [0.3, 0.4) is 0 Å². The van der Waals surface area contributed by atoms with E-state index >= 15 is 0 Å². The number of aliphatic imine (C=N–C) groups is 1. The smallest absolute Gasteiger partial charge is 0.333 e. The topological polar surface area (TPSA) is 91.3 Å². The van der Waals surface area contributed by atoms with Crippen molar-refractivity contribution in [3.63, 3.8) is 0 Å². The molecular formula is C23H24N4O4S2. The van der Waals surface area contributed by atoms with Crippen LogP contribution in [0.25, 0.3) is 0 Å². The average Bonchev–Trinajstić information content (AvgIpc) is 3.22. The molecule has 2 aliphatic rings. The third-order valence-corrected chi connectivity index (χ3v) is 7.47. The zero-order chi connectivity index (χ0) is 23.5. The number of ether oxygens (including phenoxy) is 1. The molecule has 2 unspecified atom stereocenters.